The van der Waals surface area contributed by atoms with Crippen LogP contribution in [0.15, 0.2) is 47.1 Å². The van der Waals surface area contributed by atoms with E-state index >= 15 is 0 Å². The molecule has 0 unspecified atom stereocenters. The Hall–Kier alpha value is -3.45. The van der Waals surface area contributed by atoms with E-state index in [0.717, 1.165) is 22.4 Å². The van der Waals surface area contributed by atoms with Gasteiger partial charge in [0, 0.05) is 29.4 Å². The van der Waals surface area contributed by atoms with Crippen molar-refractivity contribution in [3.63, 3.8) is 0 Å². The maximum Gasteiger partial charge on any atom is 0.259 e. The van der Waals surface area contributed by atoms with E-state index in [1.807, 2.05) is 45.0 Å². The van der Waals surface area contributed by atoms with Gasteiger partial charge in [0.15, 0.2) is 0 Å². The van der Waals surface area contributed by atoms with Crippen molar-refractivity contribution in [1.82, 2.24) is 19.9 Å². The van der Waals surface area contributed by atoms with Gasteiger partial charge in [-0.05, 0) is 56.2 Å². The second kappa shape index (κ2) is 7.76. The first-order valence-electron chi connectivity index (χ1n) is 9.37. The fourth-order valence-electron chi connectivity index (χ4n) is 3.18. The normalized spacial score (nSPS) is 11.0. The third-order valence-electron chi connectivity index (χ3n) is 4.82. The molecule has 2 aromatic carbocycles. The molecule has 0 bridgehead atoms. The van der Waals surface area contributed by atoms with Crippen LogP contribution >= 0.6 is 11.6 Å². The second-order valence-corrected chi connectivity index (χ2v) is 7.56. The molecule has 0 aliphatic rings. The molecule has 8 heteroatoms. The molecule has 30 heavy (non-hydrogen) atoms. The van der Waals surface area contributed by atoms with E-state index in [1.165, 1.54) is 0 Å². The van der Waals surface area contributed by atoms with E-state index in [1.54, 1.807) is 29.9 Å². The third kappa shape index (κ3) is 3.84. The van der Waals surface area contributed by atoms with Gasteiger partial charge in [-0.1, -0.05) is 28.9 Å². The van der Waals surface area contributed by atoms with Gasteiger partial charge in [0.1, 0.15) is 0 Å². The molecule has 0 spiro atoms. The molecule has 0 radical (unpaired) electrons. The lowest BCUT2D eigenvalue weighted by molar-refractivity contribution is 0.102. The lowest BCUT2D eigenvalue weighted by atomic mass is 10.1. The zero-order valence-corrected chi connectivity index (χ0v) is 17.8. The Kier molecular flexibility index (Phi) is 5.13. The summed E-state index contributed by atoms with van der Waals surface area (Å²) in [5.74, 6) is 0.777. The molecule has 7 nitrogen and oxygen atoms in total. The minimum atomic E-state index is -0.230. The lowest BCUT2D eigenvalue weighted by Crippen LogP contribution is -2.13. The van der Waals surface area contributed by atoms with Gasteiger partial charge in [-0.15, -0.1) is 0 Å². The monoisotopic (exact) mass is 421 g/mol. The molecular weight excluding hydrogens is 402 g/mol. The highest BCUT2D eigenvalue weighted by Gasteiger charge is 2.17. The number of amides is 1. The average Bonchev–Trinajstić information content (AvgIpc) is 3.30. The van der Waals surface area contributed by atoms with Gasteiger partial charge in [0.05, 0.1) is 16.9 Å². The Morgan fingerprint density at radius 1 is 1.07 bits per heavy atom. The number of aromatic nitrogens is 4. The van der Waals surface area contributed by atoms with Crippen LogP contribution < -0.4 is 5.32 Å². The number of nitrogens with one attached hydrogen (secondary N) is 1. The maximum absolute atomic E-state index is 12.9. The molecule has 0 saturated carbocycles. The van der Waals surface area contributed by atoms with Gasteiger partial charge in [-0.25, -0.2) is 4.68 Å². The van der Waals surface area contributed by atoms with E-state index < -0.39 is 0 Å². The molecule has 0 saturated heterocycles. The number of anilines is 1. The highest BCUT2D eigenvalue weighted by Crippen LogP contribution is 2.24. The van der Waals surface area contributed by atoms with Crippen molar-refractivity contribution in [3.05, 3.63) is 75.9 Å². The van der Waals surface area contributed by atoms with Crippen LogP contribution in [0.1, 0.15) is 33.1 Å². The van der Waals surface area contributed by atoms with Crippen LogP contribution in [0.3, 0.4) is 0 Å². The van der Waals surface area contributed by atoms with Gasteiger partial charge in [-0.2, -0.15) is 10.1 Å². The quantitative estimate of drug-likeness (QED) is 0.497. The minimum Gasteiger partial charge on any atom is -0.339 e. The Labute approximate surface area is 178 Å². The molecule has 2 heterocycles. The Balaban J connectivity index is 1.66. The van der Waals surface area contributed by atoms with Gasteiger partial charge >= 0.3 is 0 Å². The van der Waals surface area contributed by atoms with E-state index in [9.17, 15) is 4.79 Å². The van der Waals surface area contributed by atoms with Crippen molar-refractivity contribution in [2.45, 2.75) is 27.7 Å². The molecule has 1 N–H and O–H groups in total. The van der Waals surface area contributed by atoms with Crippen LogP contribution in [0.5, 0.6) is 0 Å². The van der Waals surface area contributed by atoms with Crippen molar-refractivity contribution < 1.29 is 9.32 Å². The average molecular weight is 422 g/mol. The summed E-state index contributed by atoms with van der Waals surface area (Å²) in [5.41, 5.74) is 5.36. The number of carbonyl (C=O) groups is 1. The van der Waals surface area contributed by atoms with Crippen molar-refractivity contribution in [2.24, 2.45) is 0 Å². The van der Waals surface area contributed by atoms with Crippen LogP contribution in [0.2, 0.25) is 5.02 Å². The van der Waals surface area contributed by atoms with E-state index in [-0.39, 0.29) is 5.91 Å². The molecule has 2 aromatic heterocycles. The first-order valence-corrected chi connectivity index (χ1v) is 9.75. The number of hydrogen-bond donors (Lipinski definition) is 1. The number of aryl methyl sites for hydroxylation is 4. The van der Waals surface area contributed by atoms with Crippen molar-refractivity contribution in [1.29, 1.82) is 0 Å². The minimum absolute atomic E-state index is 0.230. The third-order valence-corrected chi connectivity index (χ3v) is 5.06. The predicted octanol–water partition coefficient (Wildman–Crippen LogP) is 5.06. The Morgan fingerprint density at radius 3 is 2.57 bits per heavy atom. The zero-order chi connectivity index (χ0) is 21.4. The molecule has 152 valence electrons. The Morgan fingerprint density at radius 2 is 1.87 bits per heavy atom. The topological polar surface area (TPSA) is 85.8 Å². The SMILES string of the molecule is Cc1nc(-c2ccc(C)c(-n3cc(C(=O)Nc4ccc(Cl)cc4C)c(C)n3)c2)no1. The highest BCUT2D eigenvalue weighted by molar-refractivity contribution is 6.30. The maximum atomic E-state index is 12.9. The summed E-state index contributed by atoms with van der Waals surface area (Å²) in [6.07, 6.45) is 1.73. The molecule has 1 amide bonds. The highest BCUT2D eigenvalue weighted by atomic mass is 35.5. The second-order valence-electron chi connectivity index (χ2n) is 7.12. The number of halogens is 1. The summed E-state index contributed by atoms with van der Waals surface area (Å²) in [4.78, 5) is 17.1. The molecule has 0 aliphatic heterocycles. The summed E-state index contributed by atoms with van der Waals surface area (Å²) in [6.45, 7) is 7.43. The summed E-state index contributed by atoms with van der Waals surface area (Å²) >= 11 is 6.00. The van der Waals surface area contributed by atoms with Crippen molar-refractivity contribution in [2.75, 3.05) is 5.32 Å². The smallest absolute Gasteiger partial charge is 0.259 e. The van der Waals surface area contributed by atoms with Crippen LogP contribution in [0, 0.1) is 27.7 Å². The fourth-order valence-corrected chi connectivity index (χ4v) is 3.40. The number of carbonyl (C=O) groups excluding carboxylic acids is 1. The van der Waals surface area contributed by atoms with Gasteiger partial charge in [0.25, 0.3) is 5.91 Å². The summed E-state index contributed by atoms with van der Waals surface area (Å²) in [7, 11) is 0. The van der Waals surface area contributed by atoms with Gasteiger partial charge in [0.2, 0.25) is 11.7 Å². The van der Waals surface area contributed by atoms with E-state index in [2.05, 4.69) is 20.6 Å². The molecule has 4 aromatic rings. The number of benzene rings is 2. The molecule has 4 rings (SSSR count). The van der Waals surface area contributed by atoms with Gasteiger partial charge in [-0.3, -0.25) is 4.79 Å². The summed E-state index contributed by atoms with van der Waals surface area (Å²) < 4.78 is 6.78. The van der Waals surface area contributed by atoms with E-state index in [4.69, 9.17) is 16.1 Å². The van der Waals surface area contributed by atoms with Crippen LogP contribution in [-0.2, 0) is 0 Å². The first-order chi connectivity index (χ1) is 14.3. The lowest BCUT2D eigenvalue weighted by Gasteiger charge is -2.08. The number of nitrogens with zero attached hydrogens (tertiary/aromatic N) is 4. The molecular formula is C22H20ClN5O2. The van der Waals surface area contributed by atoms with Crippen LogP contribution in [0.4, 0.5) is 5.69 Å². The van der Waals surface area contributed by atoms with Crippen LogP contribution in [0.25, 0.3) is 17.1 Å². The Bertz CT molecular complexity index is 1260. The van der Waals surface area contributed by atoms with Gasteiger partial charge < -0.3 is 9.84 Å². The summed E-state index contributed by atoms with van der Waals surface area (Å²) in [5, 5.41) is 12.1. The predicted molar refractivity (Wildman–Crippen MR) is 115 cm³/mol. The fraction of sp³-hybridized carbons (Fsp3) is 0.182. The van der Waals surface area contributed by atoms with E-state index in [0.29, 0.717) is 33.7 Å². The van der Waals surface area contributed by atoms with Crippen molar-refractivity contribution >= 4 is 23.2 Å². The molecule has 0 atom stereocenters. The van der Waals surface area contributed by atoms with Crippen LogP contribution in [-0.4, -0.2) is 25.8 Å². The standard InChI is InChI=1S/C22H20ClN5O2/c1-12-5-6-16(21-24-15(4)30-27-21)10-20(12)28-11-18(14(3)26-28)22(29)25-19-8-7-17(23)9-13(19)2/h5-11H,1-4H3,(H,25,29). The zero-order valence-electron chi connectivity index (χ0n) is 17.0. The first kappa shape index (κ1) is 19.8. The number of hydrogen-bond acceptors (Lipinski definition) is 5. The molecule has 0 aliphatic carbocycles. The van der Waals surface area contributed by atoms with Crippen molar-refractivity contribution in [3.8, 4) is 17.1 Å². The number of rotatable bonds is 4. The summed E-state index contributed by atoms with van der Waals surface area (Å²) in [6, 6.07) is 11.2. The molecule has 0 fully saturated rings. The largest absolute Gasteiger partial charge is 0.339 e.